The number of ether oxygens (including phenoxy) is 1. The first-order valence-corrected chi connectivity index (χ1v) is 8.32. The molecule has 0 radical (unpaired) electrons. The van der Waals surface area contributed by atoms with Gasteiger partial charge in [0.15, 0.2) is 5.82 Å². The van der Waals surface area contributed by atoms with Crippen molar-refractivity contribution in [1.29, 1.82) is 0 Å². The van der Waals surface area contributed by atoms with Crippen LogP contribution >= 0.6 is 0 Å². The molecule has 1 atom stereocenters. The van der Waals surface area contributed by atoms with Gasteiger partial charge in [-0.3, -0.25) is 4.79 Å². The summed E-state index contributed by atoms with van der Waals surface area (Å²) in [7, 11) is 1.87. The molecule has 0 unspecified atom stereocenters. The molecule has 1 aromatic carbocycles. The summed E-state index contributed by atoms with van der Waals surface area (Å²) in [4.78, 5) is 12.2. The van der Waals surface area contributed by atoms with Crippen molar-refractivity contribution in [3.63, 3.8) is 0 Å². The number of nitrogens with zero attached hydrogens (tertiary/aromatic N) is 3. The summed E-state index contributed by atoms with van der Waals surface area (Å²) in [5.41, 5.74) is 1.58. The second-order valence-corrected chi connectivity index (χ2v) is 6.42. The number of nitrogens with one attached hydrogen (secondary N) is 1. The van der Waals surface area contributed by atoms with Crippen LogP contribution in [0.2, 0.25) is 0 Å². The molecule has 0 saturated carbocycles. The van der Waals surface area contributed by atoms with Crippen molar-refractivity contribution in [1.82, 2.24) is 14.8 Å². The minimum atomic E-state index is -0.0682. The Morgan fingerprint density at radius 3 is 2.71 bits per heavy atom. The van der Waals surface area contributed by atoms with E-state index in [1.165, 1.54) is 0 Å². The van der Waals surface area contributed by atoms with Gasteiger partial charge in [-0.25, -0.2) is 0 Å². The van der Waals surface area contributed by atoms with E-state index in [9.17, 15) is 4.79 Å². The number of anilines is 1. The predicted octanol–water partition coefficient (Wildman–Crippen LogP) is 3.26. The van der Waals surface area contributed by atoms with Crippen molar-refractivity contribution in [3.8, 4) is 11.4 Å². The molecule has 6 heteroatoms. The Balaban J connectivity index is 1.92. The van der Waals surface area contributed by atoms with E-state index in [1.54, 1.807) is 6.33 Å². The number of hydrogen-bond donors (Lipinski definition) is 1. The largest absolute Gasteiger partial charge is 0.378 e. The summed E-state index contributed by atoms with van der Waals surface area (Å²) in [5, 5.41) is 10.9. The number of carbonyl (C=O) groups excluding carboxylic acids is 1. The van der Waals surface area contributed by atoms with E-state index < -0.39 is 0 Å². The van der Waals surface area contributed by atoms with Crippen LogP contribution in [0.25, 0.3) is 11.4 Å². The van der Waals surface area contributed by atoms with E-state index in [1.807, 2.05) is 42.8 Å². The van der Waals surface area contributed by atoms with Gasteiger partial charge in [-0.1, -0.05) is 26.0 Å². The Hall–Kier alpha value is -2.21. The number of rotatable bonds is 8. The molecule has 1 heterocycles. The van der Waals surface area contributed by atoms with Crippen molar-refractivity contribution >= 4 is 11.6 Å². The van der Waals surface area contributed by atoms with Gasteiger partial charge in [0.05, 0.1) is 24.8 Å². The number of para-hydroxylation sites is 1. The van der Waals surface area contributed by atoms with Gasteiger partial charge in [-0.15, -0.1) is 10.2 Å². The summed E-state index contributed by atoms with van der Waals surface area (Å²) in [6.45, 7) is 6.79. The lowest BCUT2D eigenvalue weighted by atomic mass is 10.1. The maximum atomic E-state index is 12.2. The standard InChI is InChI=1S/C18H26N4O2/c1-13(2)11-14(3)24-10-9-17(23)20-16-8-6-5-7-15(16)18-21-19-12-22(18)4/h5-8,12-14H,9-11H2,1-4H3,(H,20,23)/t14-/m0/s1. The normalized spacial score (nSPS) is 12.4. The molecular formula is C18H26N4O2. The van der Waals surface area contributed by atoms with Crippen molar-refractivity contribution in [2.45, 2.75) is 39.7 Å². The zero-order valence-corrected chi connectivity index (χ0v) is 14.8. The summed E-state index contributed by atoms with van der Waals surface area (Å²) in [5.74, 6) is 1.24. The molecule has 0 aliphatic heterocycles. The third-order valence-corrected chi connectivity index (χ3v) is 3.69. The van der Waals surface area contributed by atoms with E-state index in [0.717, 1.165) is 17.7 Å². The fourth-order valence-corrected chi connectivity index (χ4v) is 2.61. The van der Waals surface area contributed by atoms with E-state index in [0.29, 0.717) is 24.8 Å². The average Bonchev–Trinajstić information content (AvgIpc) is 2.93. The van der Waals surface area contributed by atoms with E-state index in [2.05, 4.69) is 29.4 Å². The van der Waals surface area contributed by atoms with Gasteiger partial charge in [0.1, 0.15) is 6.33 Å². The maximum Gasteiger partial charge on any atom is 0.226 e. The van der Waals surface area contributed by atoms with E-state index in [-0.39, 0.29) is 12.0 Å². The molecule has 0 spiro atoms. The fourth-order valence-electron chi connectivity index (χ4n) is 2.61. The monoisotopic (exact) mass is 330 g/mol. The summed E-state index contributed by atoms with van der Waals surface area (Å²) >= 11 is 0. The molecule has 0 fully saturated rings. The molecule has 130 valence electrons. The lowest BCUT2D eigenvalue weighted by molar-refractivity contribution is -0.117. The van der Waals surface area contributed by atoms with Crippen LogP contribution in [0.4, 0.5) is 5.69 Å². The van der Waals surface area contributed by atoms with Crippen molar-refractivity contribution < 1.29 is 9.53 Å². The molecule has 0 bridgehead atoms. The Morgan fingerprint density at radius 2 is 2.04 bits per heavy atom. The van der Waals surface area contributed by atoms with Crippen molar-refractivity contribution in [2.24, 2.45) is 13.0 Å². The summed E-state index contributed by atoms with van der Waals surface area (Å²) in [6, 6.07) is 7.58. The quantitative estimate of drug-likeness (QED) is 0.806. The van der Waals surface area contributed by atoms with Gasteiger partial charge in [0.25, 0.3) is 0 Å². The molecular weight excluding hydrogens is 304 g/mol. The molecule has 2 aromatic rings. The molecule has 1 aromatic heterocycles. The molecule has 24 heavy (non-hydrogen) atoms. The Morgan fingerprint density at radius 1 is 1.29 bits per heavy atom. The highest BCUT2D eigenvalue weighted by Gasteiger charge is 2.12. The van der Waals surface area contributed by atoms with Crippen LogP contribution in [-0.4, -0.2) is 33.4 Å². The van der Waals surface area contributed by atoms with E-state index >= 15 is 0 Å². The topological polar surface area (TPSA) is 69.0 Å². The second-order valence-electron chi connectivity index (χ2n) is 6.42. The van der Waals surface area contributed by atoms with Crippen LogP contribution < -0.4 is 5.32 Å². The SMILES string of the molecule is CC(C)C[C@H](C)OCCC(=O)Nc1ccccc1-c1nncn1C. The van der Waals surface area contributed by atoms with Gasteiger partial charge in [-0.05, 0) is 31.4 Å². The highest BCUT2D eigenvalue weighted by Crippen LogP contribution is 2.25. The molecule has 0 saturated heterocycles. The minimum Gasteiger partial charge on any atom is -0.378 e. The fraction of sp³-hybridized carbons (Fsp3) is 0.500. The molecule has 1 N–H and O–H groups in total. The molecule has 6 nitrogen and oxygen atoms in total. The lowest BCUT2D eigenvalue weighted by Gasteiger charge is -2.15. The molecule has 0 aliphatic rings. The molecule has 0 aliphatic carbocycles. The minimum absolute atomic E-state index is 0.0682. The Kier molecular flexibility index (Phi) is 6.49. The first kappa shape index (κ1) is 18.1. The van der Waals surface area contributed by atoms with Crippen molar-refractivity contribution in [2.75, 3.05) is 11.9 Å². The van der Waals surface area contributed by atoms with Crippen LogP contribution in [0.5, 0.6) is 0 Å². The first-order chi connectivity index (χ1) is 11.5. The molecule has 1 amide bonds. The second kappa shape index (κ2) is 8.59. The van der Waals surface area contributed by atoms with Gasteiger partial charge >= 0.3 is 0 Å². The van der Waals surface area contributed by atoms with Crippen LogP contribution in [0, 0.1) is 5.92 Å². The number of aryl methyl sites for hydroxylation is 1. The highest BCUT2D eigenvalue weighted by molar-refractivity contribution is 5.94. The van der Waals surface area contributed by atoms with Crippen molar-refractivity contribution in [3.05, 3.63) is 30.6 Å². The third kappa shape index (κ3) is 5.16. The van der Waals surface area contributed by atoms with Gasteiger partial charge in [0.2, 0.25) is 5.91 Å². The molecule has 2 rings (SSSR count). The Labute approximate surface area is 143 Å². The number of amides is 1. The summed E-state index contributed by atoms with van der Waals surface area (Å²) in [6.07, 6.45) is 3.13. The van der Waals surface area contributed by atoms with E-state index in [4.69, 9.17) is 4.74 Å². The number of carbonyl (C=O) groups is 1. The van der Waals surface area contributed by atoms with Gasteiger partial charge in [-0.2, -0.15) is 0 Å². The third-order valence-electron chi connectivity index (χ3n) is 3.69. The van der Waals surface area contributed by atoms with Gasteiger partial charge in [0, 0.05) is 12.6 Å². The van der Waals surface area contributed by atoms with Crippen LogP contribution in [0.15, 0.2) is 30.6 Å². The number of hydrogen-bond acceptors (Lipinski definition) is 4. The average molecular weight is 330 g/mol. The lowest BCUT2D eigenvalue weighted by Crippen LogP contribution is -2.18. The van der Waals surface area contributed by atoms with Crippen LogP contribution in [0.1, 0.15) is 33.6 Å². The number of benzene rings is 1. The Bertz CT molecular complexity index is 667. The highest BCUT2D eigenvalue weighted by atomic mass is 16.5. The first-order valence-electron chi connectivity index (χ1n) is 8.32. The number of aromatic nitrogens is 3. The maximum absolute atomic E-state index is 12.2. The van der Waals surface area contributed by atoms with Gasteiger partial charge < -0.3 is 14.6 Å². The predicted molar refractivity (Wildman–Crippen MR) is 94.6 cm³/mol. The smallest absolute Gasteiger partial charge is 0.226 e. The van der Waals surface area contributed by atoms with Crippen LogP contribution in [0.3, 0.4) is 0 Å². The summed E-state index contributed by atoms with van der Waals surface area (Å²) < 4.78 is 7.52. The van der Waals surface area contributed by atoms with Crippen LogP contribution in [-0.2, 0) is 16.6 Å². The zero-order valence-electron chi connectivity index (χ0n) is 14.8. The zero-order chi connectivity index (χ0) is 17.5.